The number of hydrogen-bond acceptors (Lipinski definition) is 5. The number of piperidine rings is 1. The van der Waals surface area contributed by atoms with Crippen molar-refractivity contribution in [3.05, 3.63) is 17.0 Å². The van der Waals surface area contributed by atoms with Crippen LogP contribution in [0, 0.1) is 13.8 Å². The summed E-state index contributed by atoms with van der Waals surface area (Å²) in [5.74, 6) is 0.134. The Balaban J connectivity index is 1.53. The normalized spacial score (nSPS) is 20.3. The van der Waals surface area contributed by atoms with E-state index in [4.69, 9.17) is 9.47 Å². The maximum atomic E-state index is 12.9. The number of morpholine rings is 1. The first kappa shape index (κ1) is 20.6. The number of aryl methyl sites for hydroxylation is 2. The van der Waals surface area contributed by atoms with Crippen LogP contribution in [-0.2, 0) is 27.7 Å². The summed E-state index contributed by atoms with van der Waals surface area (Å²) in [4.78, 5) is 28.7. The molecule has 2 fully saturated rings. The van der Waals surface area contributed by atoms with Crippen LogP contribution >= 0.6 is 0 Å². The molecule has 0 saturated carbocycles. The molecule has 0 bridgehead atoms. The lowest BCUT2D eigenvalue weighted by Gasteiger charge is -2.36. The van der Waals surface area contributed by atoms with Gasteiger partial charge in [0.15, 0.2) is 0 Å². The third-order valence-corrected chi connectivity index (χ3v) is 5.86. The van der Waals surface area contributed by atoms with Crippen molar-refractivity contribution in [2.75, 3.05) is 39.5 Å². The van der Waals surface area contributed by atoms with Gasteiger partial charge in [-0.15, -0.1) is 0 Å². The van der Waals surface area contributed by atoms with Crippen LogP contribution in [0.25, 0.3) is 0 Å². The smallest absolute Gasteiger partial charge is 0.409 e. The van der Waals surface area contributed by atoms with Gasteiger partial charge in [0.25, 0.3) is 0 Å². The number of carbonyl (C=O) groups excluding carboxylic acids is 2. The van der Waals surface area contributed by atoms with Crippen molar-refractivity contribution in [1.29, 1.82) is 0 Å². The number of nitrogens with zero attached hydrogens (tertiary/aromatic N) is 4. The van der Waals surface area contributed by atoms with Gasteiger partial charge in [-0.2, -0.15) is 5.10 Å². The van der Waals surface area contributed by atoms with Crippen LogP contribution in [0.5, 0.6) is 0 Å². The van der Waals surface area contributed by atoms with Gasteiger partial charge in [-0.05, 0) is 45.1 Å². The minimum atomic E-state index is -0.303. The Kier molecular flexibility index (Phi) is 6.93. The molecule has 156 valence electrons. The second-order valence-corrected chi connectivity index (χ2v) is 7.69. The summed E-state index contributed by atoms with van der Waals surface area (Å²) in [6.07, 6.45) is 3.80. The molecule has 0 radical (unpaired) electrons. The summed E-state index contributed by atoms with van der Waals surface area (Å²) < 4.78 is 12.7. The zero-order chi connectivity index (χ0) is 20.1. The molecule has 2 saturated heterocycles. The zero-order valence-corrected chi connectivity index (χ0v) is 17.3. The molecule has 8 heteroatoms. The van der Waals surface area contributed by atoms with Crippen LogP contribution in [-0.4, -0.2) is 77.1 Å². The lowest BCUT2D eigenvalue weighted by atomic mass is 10.0. The van der Waals surface area contributed by atoms with E-state index in [2.05, 4.69) is 5.10 Å². The minimum Gasteiger partial charge on any atom is -0.447 e. The van der Waals surface area contributed by atoms with Crippen molar-refractivity contribution in [3.8, 4) is 0 Å². The topological polar surface area (TPSA) is 76.9 Å². The van der Waals surface area contributed by atoms with Gasteiger partial charge < -0.3 is 19.3 Å². The number of hydrogen-bond donors (Lipinski definition) is 0. The molecule has 0 aromatic carbocycles. The molecule has 0 aliphatic carbocycles. The fraction of sp³-hybridized carbons (Fsp3) is 0.750. The van der Waals surface area contributed by atoms with E-state index in [1.807, 2.05) is 30.5 Å². The SMILES string of the molecule is Cc1nn(C)c(C)c1CCC(=O)N1CCCCC1COC(=O)N1CCOCC1. The highest BCUT2D eigenvalue weighted by molar-refractivity contribution is 5.77. The molecule has 1 unspecified atom stereocenters. The first-order chi connectivity index (χ1) is 13.5. The maximum absolute atomic E-state index is 12.9. The van der Waals surface area contributed by atoms with Gasteiger partial charge in [0.1, 0.15) is 6.61 Å². The molecular weight excluding hydrogens is 360 g/mol. The van der Waals surface area contributed by atoms with Crippen LogP contribution in [0.15, 0.2) is 0 Å². The van der Waals surface area contributed by atoms with Crippen molar-refractivity contribution in [2.24, 2.45) is 7.05 Å². The van der Waals surface area contributed by atoms with E-state index in [-0.39, 0.29) is 24.6 Å². The van der Waals surface area contributed by atoms with E-state index in [0.717, 1.165) is 42.8 Å². The molecule has 2 aliphatic heterocycles. The molecular formula is C20H32N4O4. The Morgan fingerprint density at radius 2 is 1.93 bits per heavy atom. The predicted molar refractivity (Wildman–Crippen MR) is 104 cm³/mol. The largest absolute Gasteiger partial charge is 0.447 e. The molecule has 1 atom stereocenters. The number of aromatic nitrogens is 2. The van der Waals surface area contributed by atoms with E-state index in [1.54, 1.807) is 4.90 Å². The van der Waals surface area contributed by atoms with Crippen LogP contribution < -0.4 is 0 Å². The average molecular weight is 393 g/mol. The van der Waals surface area contributed by atoms with Gasteiger partial charge in [0.2, 0.25) is 5.91 Å². The monoisotopic (exact) mass is 392 g/mol. The van der Waals surface area contributed by atoms with Gasteiger partial charge in [-0.1, -0.05) is 0 Å². The van der Waals surface area contributed by atoms with Gasteiger partial charge in [0.05, 0.1) is 24.9 Å². The number of ether oxygens (including phenoxy) is 2. The molecule has 1 aromatic rings. The molecule has 8 nitrogen and oxygen atoms in total. The molecule has 0 N–H and O–H groups in total. The van der Waals surface area contributed by atoms with Crippen molar-refractivity contribution >= 4 is 12.0 Å². The molecule has 28 heavy (non-hydrogen) atoms. The summed E-state index contributed by atoms with van der Waals surface area (Å²) in [6.45, 7) is 7.27. The first-order valence-corrected chi connectivity index (χ1v) is 10.3. The number of amides is 2. The quantitative estimate of drug-likeness (QED) is 0.764. The maximum Gasteiger partial charge on any atom is 0.409 e. The third kappa shape index (κ3) is 4.84. The van der Waals surface area contributed by atoms with E-state index < -0.39 is 0 Å². The predicted octanol–water partition coefficient (Wildman–Crippen LogP) is 1.82. The highest BCUT2D eigenvalue weighted by Crippen LogP contribution is 2.21. The summed E-state index contributed by atoms with van der Waals surface area (Å²) in [5.41, 5.74) is 3.26. The highest BCUT2D eigenvalue weighted by atomic mass is 16.6. The van der Waals surface area contributed by atoms with Gasteiger partial charge >= 0.3 is 6.09 Å². The molecule has 1 aromatic heterocycles. The van der Waals surface area contributed by atoms with Crippen LogP contribution in [0.4, 0.5) is 4.79 Å². The Morgan fingerprint density at radius 1 is 1.18 bits per heavy atom. The number of rotatable bonds is 5. The van der Waals surface area contributed by atoms with Crippen LogP contribution in [0.1, 0.15) is 42.6 Å². The second kappa shape index (κ2) is 9.41. The molecule has 3 rings (SSSR count). The third-order valence-electron chi connectivity index (χ3n) is 5.86. The van der Waals surface area contributed by atoms with Crippen molar-refractivity contribution < 1.29 is 19.1 Å². The van der Waals surface area contributed by atoms with Crippen molar-refractivity contribution in [3.63, 3.8) is 0 Å². The van der Waals surface area contributed by atoms with E-state index in [0.29, 0.717) is 39.1 Å². The summed E-state index contributed by atoms with van der Waals surface area (Å²) in [7, 11) is 1.93. The first-order valence-electron chi connectivity index (χ1n) is 10.3. The van der Waals surface area contributed by atoms with Gasteiger partial charge in [-0.3, -0.25) is 9.48 Å². The van der Waals surface area contributed by atoms with E-state index >= 15 is 0 Å². The Morgan fingerprint density at radius 3 is 2.61 bits per heavy atom. The number of likely N-dealkylation sites (tertiary alicyclic amines) is 1. The van der Waals surface area contributed by atoms with Crippen molar-refractivity contribution in [1.82, 2.24) is 19.6 Å². The number of carbonyl (C=O) groups is 2. The average Bonchev–Trinajstić information content (AvgIpc) is 2.96. The van der Waals surface area contributed by atoms with Crippen LogP contribution in [0.3, 0.4) is 0 Å². The Hall–Kier alpha value is -2.09. The fourth-order valence-electron chi connectivity index (χ4n) is 4.06. The molecule has 0 spiro atoms. The highest BCUT2D eigenvalue weighted by Gasteiger charge is 2.29. The minimum absolute atomic E-state index is 0.0256. The standard InChI is InChI=1S/C20H32N4O4/c1-15-18(16(2)22(3)21-15)7-8-19(25)24-9-5-4-6-17(24)14-28-20(26)23-10-12-27-13-11-23/h17H,4-14H2,1-3H3. The molecule has 3 heterocycles. The van der Waals surface area contributed by atoms with Crippen LogP contribution in [0.2, 0.25) is 0 Å². The Bertz CT molecular complexity index is 697. The fourth-order valence-corrected chi connectivity index (χ4v) is 4.06. The second-order valence-electron chi connectivity index (χ2n) is 7.69. The lowest BCUT2D eigenvalue weighted by molar-refractivity contribution is -0.136. The molecule has 2 amide bonds. The Labute approximate surface area is 166 Å². The summed E-state index contributed by atoms with van der Waals surface area (Å²) >= 11 is 0. The van der Waals surface area contributed by atoms with E-state index in [9.17, 15) is 9.59 Å². The molecule has 2 aliphatic rings. The summed E-state index contributed by atoms with van der Waals surface area (Å²) in [6, 6.07) is -0.0256. The van der Waals surface area contributed by atoms with Gasteiger partial charge in [0, 0.05) is 38.8 Å². The van der Waals surface area contributed by atoms with Gasteiger partial charge in [-0.25, -0.2) is 4.79 Å². The zero-order valence-electron chi connectivity index (χ0n) is 17.3. The summed E-state index contributed by atoms with van der Waals surface area (Å²) in [5, 5.41) is 4.43. The lowest BCUT2D eigenvalue weighted by Crippen LogP contribution is -2.48. The van der Waals surface area contributed by atoms with Crippen molar-refractivity contribution in [2.45, 2.75) is 52.0 Å². The van der Waals surface area contributed by atoms with E-state index in [1.165, 1.54) is 0 Å².